The molecule has 6 heteroatoms. The molecule has 1 saturated heterocycles. The van der Waals surface area contributed by atoms with E-state index < -0.39 is 0 Å². The van der Waals surface area contributed by atoms with Crippen LogP contribution in [0.2, 0.25) is 0 Å². The highest BCUT2D eigenvalue weighted by Gasteiger charge is 2.14. The van der Waals surface area contributed by atoms with Crippen molar-refractivity contribution in [1.29, 1.82) is 0 Å². The van der Waals surface area contributed by atoms with Gasteiger partial charge in [-0.05, 0) is 36.0 Å². The van der Waals surface area contributed by atoms with Crippen LogP contribution in [-0.2, 0) is 9.53 Å². The predicted octanol–water partition coefficient (Wildman–Crippen LogP) is 2.20. The fourth-order valence-corrected chi connectivity index (χ4v) is 2.29. The number of amides is 1. The molecule has 1 amide bonds. The largest absolute Gasteiger partial charge is 0.378 e. The molecule has 0 saturated carbocycles. The topological polar surface area (TPSA) is 41.6 Å². The van der Waals surface area contributed by atoms with Crippen molar-refractivity contribution in [3.8, 4) is 0 Å². The van der Waals surface area contributed by atoms with Gasteiger partial charge in [0.1, 0.15) is 0 Å². The maximum Gasteiger partial charge on any atom is 0.250 e. The van der Waals surface area contributed by atoms with E-state index >= 15 is 0 Å². The summed E-state index contributed by atoms with van der Waals surface area (Å²) >= 11 is 8.56. The van der Waals surface area contributed by atoms with Crippen molar-refractivity contribution in [2.45, 2.75) is 0 Å². The summed E-state index contributed by atoms with van der Waals surface area (Å²) in [6.45, 7) is 2.72. The number of halogens is 1. The van der Waals surface area contributed by atoms with Crippen LogP contribution in [0.5, 0.6) is 0 Å². The van der Waals surface area contributed by atoms with Gasteiger partial charge in [0.05, 0.1) is 13.2 Å². The summed E-state index contributed by atoms with van der Waals surface area (Å²) in [4.78, 5) is 13.7. The number of carbonyl (C=O) groups excluding carboxylic acids is 1. The van der Waals surface area contributed by atoms with Crippen molar-refractivity contribution in [3.05, 3.63) is 40.4 Å². The zero-order valence-electron chi connectivity index (χ0n) is 10.8. The summed E-state index contributed by atoms with van der Waals surface area (Å²) < 4.78 is 6.25. The second-order valence-electron chi connectivity index (χ2n) is 4.28. The highest BCUT2D eigenvalue weighted by atomic mass is 79.9. The van der Waals surface area contributed by atoms with Gasteiger partial charge in [0.25, 0.3) is 0 Å². The zero-order chi connectivity index (χ0) is 14.4. The first kappa shape index (κ1) is 15.2. The standard InChI is InChI=1S/C14H15BrN2O2S/c15-12-4-1-11(2-5-12)3-6-13(18)16-14(20)17-7-9-19-10-8-17/h1-6H,7-10H2,(H,16,18,20)/b6-3+. The van der Waals surface area contributed by atoms with Crippen LogP contribution in [0.3, 0.4) is 0 Å². The van der Waals surface area contributed by atoms with Crippen LogP contribution in [0.4, 0.5) is 0 Å². The number of nitrogens with one attached hydrogen (secondary N) is 1. The van der Waals surface area contributed by atoms with E-state index in [0.717, 1.165) is 23.1 Å². The van der Waals surface area contributed by atoms with Crippen LogP contribution in [0.25, 0.3) is 6.08 Å². The maximum absolute atomic E-state index is 11.8. The van der Waals surface area contributed by atoms with Gasteiger partial charge < -0.3 is 9.64 Å². The number of ether oxygens (including phenoxy) is 1. The Labute approximate surface area is 131 Å². The molecule has 0 spiro atoms. The fourth-order valence-electron chi connectivity index (χ4n) is 1.74. The number of rotatable bonds is 2. The molecule has 1 aromatic carbocycles. The molecule has 1 aromatic rings. The van der Waals surface area contributed by atoms with Crippen molar-refractivity contribution in [2.24, 2.45) is 0 Å². The summed E-state index contributed by atoms with van der Waals surface area (Å²) in [6, 6.07) is 7.70. The van der Waals surface area contributed by atoms with E-state index in [2.05, 4.69) is 21.2 Å². The fraction of sp³-hybridized carbons (Fsp3) is 0.286. The average molecular weight is 355 g/mol. The molecule has 0 unspecified atom stereocenters. The van der Waals surface area contributed by atoms with Gasteiger partial charge in [-0.25, -0.2) is 0 Å². The summed E-state index contributed by atoms with van der Waals surface area (Å²) in [5, 5.41) is 3.16. The molecule has 1 aliphatic rings. The first-order valence-corrected chi connectivity index (χ1v) is 7.46. The maximum atomic E-state index is 11.8. The molecule has 0 aromatic heterocycles. The van der Waals surface area contributed by atoms with Gasteiger partial charge in [-0.2, -0.15) is 0 Å². The highest BCUT2D eigenvalue weighted by Crippen LogP contribution is 2.11. The third-order valence-electron chi connectivity index (χ3n) is 2.83. The van der Waals surface area contributed by atoms with E-state index in [0.29, 0.717) is 18.3 Å². The van der Waals surface area contributed by atoms with Crippen LogP contribution in [0.15, 0.2) is 34.8 Å². The summed E-state index contributed by atoms with van der Waals surface area (Å²) in [5.41, 5.74) is 0.959. The third-order valence-corrected chi connectivity index (χ3v) is 3.71. The lowest BCUT2D eigenvalue weighted by molar-refractivity contribution is -0.115. The lowest BCUT2D eigenvalue weighted by atomic mass is 10.2. The van der Waals surface area contributed by atoms with Crippen molar-refractivity contribution in [3.63, 3.8) is 0 Å². The Hall–Kier alpha value is -1.24. The number of hydrogen-bond acceptors (Lipinski definition) is 3. The molecular formula is C14H15BrN2O2S. The summed E-state index contributed by atoms with van der Waals surface area (Å²) in [6.07, 6.45) is 3.24. The monoisotopic (exact) mass is 354 g/mol. The predicted molar refractivity (Wildman–Crippen MR) is 86.3 cm³/mol. The summed E-state index contributed by atoms with van der Waals surface area (Å²) in [5.74, 6) is -0.218. The van der Waals surface area contributed by atoms with Gasteiger partial charge in [-0.15, -0.1) is 0 Å². The summed E-state index contributed by atoms with van der Waals surface area (Å²) in [7, 11) is 0. The van der Waals surface area contributed by atoms with Gasteiger partial charge in [0, 0.05) is 23.6 Å². The van der Waals surface area contributed by atoms with Crippen LogP contribution in [0, 0.1) is 0 Å². The van der Waals surface area contributed by atoms with E-state index in [9.17, 15) is 4.79 Å². The lowest BCUT2D eigenvalue weighted by Crippen LogP contribution is -2.47. The normalized spacial score (nSPS) is 15.3. The van der Waals surface area contributed by atoms with Gasteiger partial charge in [-0.3, -0.25) is 10.1 Å². The Kier molecular flexibility index (Phi) is 5.70. The third kappa shape index (κ3) is 4.70. The second-order valence-corrected chi connectivity index (χ2v) is 5.58. The molecule has 1 aliphatic heterocycles. The van der Waals surface area contributed by atoms with Crippen LogP contribution >= 0.6 is 28.1 Å². The first-order chi connectivity index (χ1) is 9.65. The molecule has 0 radical (unpaired) electrons. The minimum atomic E-state index is -0.218. The van der Waals surface area contributed by atoms with E-state index in [-0.39, 0.29) is 5.91 Å². The highest BCUT2D eigenvalue weighted by molar-refractivity contribution is 9.10. The van der Waals surface area contributed by atoms with Gasteiger partial charge >= 0.3 is 0 Å². The van der Waals surface area contributed by atoms with Crippen molar-refractivity contribution in [2.75, 3.05) is 26.3 Å². The number of benzene rings is 1. The molecule has 106 valence electrons. The van der Waals surface area contributed by atoms with E-state index in [4.69, 9.17) is 17.0 Å². The van der Waals surface area contributed by atoms with E-state index in [1.54, 1.807) is 6.08 Å². The van der Waals surface area contributed by atoms with Crippen LogP contribution < -0.4 is 5.32 Å². The molecule has 20 heavy (non-hydrogen) atoms. The Balaban J connectivity index is 1.85. The van der Waals surface area contributed by atoms with Crippen molar-refractivity contribution >= 4 is 45.2 Å². The van der Waals surface area contributed by atoms with E-state index in [1.807, 2.05) is 29.2 Å². The van der Waals surface area contributed by atoms with E-state index in [1.165, 1.54) is 6.08 Å². The number of nitrogens with zero attached hydrogens (tertiary/aromatic N) is 1. The molecule has 1 heterocycles. The number of carbonyl (C=O) groups is 1. The van der Waals surface area contributed by atoms with Crippen LogP contribution in [-0.4, -0.2) is 42.2 Å². The zero-order valence-corrected chi connectivity index (χ0v) is 13.2. The quantitative estimate of drug-likeness (QED) is 0.652. The Morgan fingerprint density at radius 1 is 1.30 bits per heavy atom. The van der Waals surface area contributed by atoms with Crippen molar-refractivity contribution < 1.29 is 9.53 Å². The Morgan fingerprint density at radius 3 is 2.60 bits per heavy atom. The smallest absolute Gasteiger partial charge is 0.250 e. The number of morpholine rings is 1. The molecule has 0 atom stereocenters. The molecule has 4 nitrogen and oxygen atoms in total. The minimum absolute atomic E-state index is 0.218. The molecule has 0 aliphatic carbocycles. The SMILES string of the molecule is O=C(/C=C/c1ccc(Br)cc1)NC(=S)N1CCOCC1. The lowest BCUT2D eigenvalue weighted by Gasteiger charge is -2.28. The number of thiocarbonyl (C=S) groups is 1. The minimum Gasteiger partial charge on any atom is -0.378 e. The molecular weight excluding hydrogens is 340 g/mol. The molecule has 0 bridgehead atoms. The van der Waals surface area contributed by atoms with Gasteiger partial charge in [-0.1, -0.05) is 28.1 Å². The molecule has 2 rings (SSSR count). The second kappa shape index (κ2) is 7.52. The Morgan fingerprint density at radius 2 is 1.95 bits per heavy atom. The Bertz CT molecular complexity index is 510. The van der Waals surface area contributed by atoms with Gasteiger partial charge in [0.15, 0.2) is 5.11 Å². The van der Waals surface area contributed by atoms with Crippen LogP contribution in [0.1, 0.15) is 5.56 Å². The first-order valence-electron chi connectivity index (χ1n) is 6.26. The average Bonchev–Trinajstić information content (AvgIpc) is 2.47. The molecule has 1 fully saturated rings. The van der Waals surface area contributed by atoms with Gasteiger partial charge in [0.2, 0.25) is 5.91 Å². The molecule has 1 N–H and O–H groups in total. The number of hydrogen-bond donors (Lipinski definition) is 1. The van der Waals surface area contributed by atoms with Crippen molar-refractivity contribution in [1.82, 2.24) is 10.2 Å².